The SMILES string of the molecule is C=CN(C=C(C)C)c1ccc(N)c(CN)c1.CC. The van der Waals surface area contributed by atoms with Crippen molar-refractivity contribution < 1.29 is 0 Å². The molecule has 0 fully saturated rings. The van der Waals surface area contributed by atoms with Crippen LogP contribution in [0.1, 0.15) is 33.3 Å². The molecule has 0 spiro atoms. The molecule has 1 aromatic carbocycles. The van der Waals surface area contributed by atoms with Crippen molar-refractivity contribution in [2.24, 2.45) is 5.73 Å². The minimum absolute atomic E-state index is 0.444. The molecule has 0 unspecified atom stereocenters. The second kappa shape index (κ2) is 8.37. The van der Waals surface area contributed by atoms with Crippen molar-refractivity contribution in [3.63, 3.8) is 0 Å². The van der Waals surface area contributed by atoms with Gasteiger partial charge in [0.05, 0.1) is 0 Å². The molecule has 0 atom stereocenters. The minimum Gasteiger partial charge on any atom is -0.398 e. The van der Waals surface area contributed by atoms with E-state index >= 15 is 0 Å². The van der Waals surface area contributed by atoms with Crippen LogP contribution in [0.4, 0.5) is 11.4 Å². The van der Waals surface area contributed by atoms with E-state index in [2.05, 4.69) is 6.58 Å². The summed E-state index contributed by atoms with van der Waals surface area (Å²) >= 11 is 0. The molecule has 0 bridgehead atoms. The van der Waals surface area contributed by atoms with Gasteiger partial charge in [-0.1, -0.05) is 26.0 Å². The third-order valence-corrected chi connectivity index (χ3v) is 2.24. The smallest absolute Gasteiger partial charge is 0.0453 e. The highest BCUT2D eigenvalue weighted by molar-refractivity contribution is 5.61. The predicted octanol–water partition coefficient (Wildman–Crippen LogP) is 3.63. The number of allylic oxidation sites excluding steroid dienone is 1. The van der Waals surface area contributed by atoms with E-state index < -0.39 is 0 Å². The highest BCUT2D eigenvalue weighted by atomic mass is 15.1. The van der Waals surface area contributed by atoms with Crippen LogP contribution in [0.25, 0.3) is 0 Å². The molecule has 0 saturated heterocycles. The normalized spacial score (nSPS) is 8.94. The maximum Gasteiger partial charge on any atom is 0.0453 e. The topological polar surface area (TPSA) is 55.3 Å². The number of nitrogens with two attached hydrogens (primary N) is 2. The molecule has 3 nitrogen and oxygen atoms in total. The number of nitrogen functional groups attached to an aromatic ring is 1. The van der Waals surface area contributed by atoms with Crippen LogP contribution >= 0.6 is 0 Å². The Morgan fingerprint density at radius 1 is 1.33 bits per heavy atom. The Morgan fingerprint density at radius 3 is 2.39 bits per heavy atom. The molecule has 0 aliphatic heterocycles. The van der Waals surface area contributed by atoms with Gasteiger partial charge >= 0.3 is 0 Å². The third kappa shape index (κ3) is 4.63. The van der Waals surface area contributed by atoms with Crippen molar-refractivity contribution in [1.82, 2.24) is 0 Å². The Labute approximate surface area is 111 Å². The van der Waals surface area contributed by atoms with Gasteiger partial charge in [-0.3, -0.25) is 0 Å². The van der Waals surface area contributed by atoms with Gasteiger partial charge in [0.1, 0.15) is 0 Å². The standard InChI is InChI=1S/C13H19N3.C2H6/c1-4-16(9-10(2)3)12-5-6-13(15)11(7-12)8-14;1-2/h4-7,9H,1,8,14-15H2,2-3H3;1-2H3. The Morgan fingerprint density at radius 2 is 1.94 bits per heavy atom. The van der Waals surface area contributed by atoms with E-state index in [9.17, 15) is 0 Å². The molecular formula is C15H25N3. The zero-order valence-electron chi connectivity index (χ0n) is 11.9. The van der Waals surface area contributed by atoms with Gasteiger partial charge in [0, 0.05) is 30.3 Å². The van der Waals surface area contributed by atoms with Gasteiger partial charge < -0.3 is 16.4 Å². The van der Waals surface area contributed by atoms with Gasteiger partial charge in [-0.05, 0) is 37.6 Å². The molecule has 4 N–H and O–H groups in total. The molecule has 0 amide bonds. The average Bonchev–Trinajstić information content (AvgIpc) is 2.39. The van der Waals surface area contributed by atoms with E-state index in [0.29, 0.717) is 6.54 Å². The van der Waals surface area contributed by atoms with Crippen LogP contribution in [0, 0.1) is 0 Å². The first kappa shape index (κ1) is 16.3. The Hall–Kier alpha value is -1.74. The minimum atomic E-state index is 0.444. The van der Waals surface area contributed by atoms with Gasteiger partial charge in [0.2, 0.25) is 0 Å². The quantitative estimate of drug-likeness (QED) is 0.799. The lowest BCUT2D eigenvalue weighted by atomic mass is 10.1. The number of nitrogens with zero attached hydrogens (tertiary/aromatic N) is 1. The highest BCUT2D eigenvalue weighted by Gasteiger charge is 2.03. The van der Waals surface area contributed by atoms with Crippen LogP contribution < -0.4 is 16.4 Å². The summed E-state index contributed by atoms with van der Waals surface area (Å²) in [6, 6.07) is 5.80. The zero-order valence-corrected chi connectivity index (χ0v) is 11.9. The summed E-state index contributed by atoms with van der Waals surface area (Å²) < 4.78 is 0. The molecule has 18 heavy (non-hydrogen) atoms. The molecule has 0 saturated carbocycles. The Bertz CT molecular complexity index is 404. The summed E-state index contributed by atoms with van der Waals surface area (Å²) in [6.07, 6.45) is 3.78. The molecular weight excluding hydrogens is 222 g/mol. The fourth-order valence-corrected chi connectivity index (χ4v) is 1.44. The first-order valence-electron chi connectivity index (χ1n) is 6.23. The number of rotatable bonds is 4. The summed E-state index contributed by atoms with van der Waals surface area (Å²) in [5.41, 5.74) is 15.3. The molecule has 0 heterocycles. The van der Waals surface area contributed by atoms with E-state index in [-0.39, 0.29) is 0 Å². The van der Waals surface area contributed by atoms with Gasteiger partial charge in [0.15, 0.2) is 0 Å². The summed E-state index contributed by atoms with van der Waals surface area (Å²) in [6.45, 7) is 12.3. The zero-order chi connectivity index (χ0) is 14.1. The van der Waals surface area contributed by atoms with Crippen LogP contribution in [-0.2, 0) is 6.54 Å². The number of hydrogen-bond acceptors (Lipinski definition) is 3. The molecule has 0 aliphatic rings. The van der Waals surface area contributed by atoms with Crippen molar-refractivity contribution in [3.05, 3.63) is 48.3 Å². The summed E-state index contributed by atoms with van der Waals surface area (Å²) in [7, 11) is 0. The second-order valence-corrected chi connectivity index (χ2v) is 3.88. The van der Waals surface area contributed by atoms with E-state index in [4.69, 9.17) is 11.5 Å². The highest BCUT2D eigenvalue weighted by Crippen LogP contribution is 2.22. The number of benzene rings is 1. The lowest BCUT2D eigenvalue weighted by molar-refractivity contribution is 1.07. The van der Waals surface area contributed by atoms with Crippen LogP contribution in [0.3, 0.4) is 0 Å². The molecule has 3 heteroatoms. The largest absolute Gasteiger partial charge is 0.398 e. The van der Waals surface area contributed by atoms with Crippen molar-refractivity contribution in [2.45, 2.75) is 34.2 Å². The average molecular weight is 247 g/mol. The van der Waals surface area contributed by atoms with Gasteiger partial charge in [0.25, 0.3) is 0 Å². The summed E-state index contributed by atoms with van der Waals surface area (Å²) in [4.78, 5) is 1.95. The van der Waals surface area contributed by atoms with Crippen LogP contribution in [0.5, 0.6) is 0 Å². The molecule has 0 radical (unpaired) electrons. The fourth-order valence-electron chi connectivity index (χ4n) is 1.44. The summed E-state index contributed by atoms with van der Waals surface area (Å²) in [5.74, 6) is 0. The number of anilines is 2. The van der Waals surface area contributed by atoms with Crippen LogP contribution in [0.2, 0.25) is 0 Å². The van der Waals surface area contributed by atoms with Crippen molar-refractivity contribution in [3.8, 4) is 0 Å². The predicted molar refractivity (Wildman–Crippen MR) is 82.2 cm³/mol. The Balaban J connectivity index is 0.00000137. The molecule has 1 rings (SSSR count). The lowest BCUT2D eigenvalue weighted by Gasteiger charge is -2.17. The Kier molecular flexibility index (Phi) is 7.56. The maximum absolute atomic E-state index is 5.80. The van der Waals surface area contributed by atoms with Gasteiger partial charge in [-0.15, -0.1) is 0 Å². The number of hydrogen-bond donors (Lipinski definition) is 2. The van der Waals surface area contributed by atoms with Crippen LogP contribution in [-0.4, -0.2) is 0 Å². The van der Waals surface area contributed by atoms with Crippen LogP contribution in [0.15, 0.2) is 42.8 Å². The molecule has 0 aliphatic carbocycles. The van der Waals surface area contributed by atoms with E-state index in [1.165, 1.54) is 5.57 Å². The van der Waals surface area contributed by atoms with Crippen molar-refractivity contribution in [1.29, 1.82) is 0 Å². The third-order valence-electron chi connectivity index (χ3n) is 2.24. The second-order valence-electron chi connectivity index (χ2n) is 3.88. The molecule has 1 aromatic rings. The molecule has 100 valence electrons. The monoisotopic (exact) mass is 247 g/mol. The first-order valence-corrected chi connectivity index (χ1v) is 6.23. The summed E-state index contributed by atoms with van der Waals surface area (Å²) in [5, 5.41) is 0. The lowest BCUT2D eigenvalue weighted by Crippen LogP contribution is -2.09. The van der Waals surface area contributed by atoms with Crippen molar-refractivity contribution >= 4 is 11.4 Å². The van der Waals surface area contributed by atoms with E-state index in [0.717, 1.165) is 16.9 Å². The van der Waals surface area contributed by atoms with E-state index in [1.807, 2.05) is 57.0 Å². The van der Waals surface area contributed by atoms with Gasteiger partial charge in [-0.2, -0.15) is 0 Å². The maximum atomic E-state index is 5.80. The van der Waals surface area contributed by atoms with Crippen molar-refractivity contribution in [2.75, 3.05) is 10.6 Å². The van der Waals surface area contributed by atoms with Gasteiger partial charge in [-0.25, -0.2) is 0 Å². The van der Waals surface area contributed by atoms with E-state index in [1.54, 1.807) is 6.20 Å². The molecule has 0 aromatic heterocycles. The first-order chi connectivity index (χ1) is 8.58. The fraction of sp³-hybridized carbons (Fsp3) is 0.333.